The third-order valence-electron chi connectivity index (χ3n) is 3.83. The number of nitrogens with zero attached hydrogens (tertiary/aromatic N) is 3. The molecule has 2 aromatic rings. The number of aryl methyl sites for hydroxylation is 1. The van der Waals surface area contributed by atoms with Crippen LogP contribution in [0.1, 0.15) is 35.7 Å². The SMILES string of the molecule is COc1c(C)cnc(CSc2nc(=O)ccn2C2CC2)c1C. The van der Waals surface area contributed by atoms with Gasteiger partial charge in [0.15, 0.2) is 5.16 Å². The van der Waals surface area contributed by atoms with E-state index in [1.165, 1.54) is 6.07 Å². The number of thioether (sulfide) groups is 1. The van der Waals surface area contributed by atoms with Gasteiger partial charge in [-0.1, -0.05) is 11.8 Å². The van der Waals surface area contributed by atoms with Crippen LogP contribution < -0.4 is 10.3 Å². The number of hydrogen-bond donors (Lipinski definition) is 0. The van der Waals surface area contributed by atoms with E-state index in [1.54, 1.807) is 18.9 Å². The second-order valence-electron chi connectivity index (χ2n) is 5.52. The maximum absolute atomic E-state index is 11.5. The van der Waals surface area contributed by atoms with Crippen molar-refractivity contribution in [1.82, 2.24) is 14.5 Å². The standard InChI is InChI=1S/C16H19N3O2S/c1-10-8-17-13(11(2)15(10)21-3)9-22-16-18-14(20)6-7-19(16)12-4-5-12/h6-8,12H,4-5,9H2,1-3H3. The number of methoxy groups -OCH3 is 1. The van der Waals surface area contributed by atoms with Crippen LogP contribution in [0.4, 0.5) is 0 Å². The Kier molecular flexibility index (Phi) is 4.20. The van der Waals surface area contributed by atoms with Gasteiger partial charge in [0.05, 0.1) is 12.8 Å². The first-order valence-electron chi connectivity index (χ1n) is 7.31. The first-order valence-corrected chi connectivity index (χ1v) is 8.29. The van der Waals surface area contributed by atoms with Gasteiger partial charge in [-0.05, 0) is 26.7 Å². The zero-order valence-electron chi connectivity index (χ0n) is 13.0. The average Bonchev–Trinajstić information content (AvgIpc) is 3.32. The maximum atomic E-state index is 11.5. The molecular formula is C16H19N3O2S. The van der Waals surface area contributed by atoms with E-state index in [0.29, 0.717) is 11.8 Å². The molecule has 0 unspecified atom stereocenters. The Hall–Kier alpha value is -1.82. The van der Waals surface area contributed by atoms with Crippen molar-refractivity contribution in [2.24, 2.45) is 0 Å². The minimum atomic E-state index is -0.189. The highest BCUT2D eigenvalue weighted by molar-refractivity contribution is 7.98. The van der Waals surface area contributed by atoms with Gasteiger partial charge >= 0.3 is 0 Å². The van der Waals surface area contributed by atoms with Crippen molar-refractivity contribution in [3.05, 3.63) is 45.6 Å². The minimum Gasteiger partial charge on any atom is -0.496 e. The summed E-state index contributed by atoms with van der Waals surface area (Å²) in [7, 11) is 1.68. The highest BCUT2D eigenvalue weighted by Crippen LogP contribution is 2.37. The Balaban J connectivity index is 1.84. The summed E-state index contributed by atoms with van der Waals surface area (Å²) in [5.74, 6) is 1.55. The minimum absolute atomic E-state index is 0.189. The van der Waals surface area contributed by atoms with Crippen LogP contribution in [0.15, 0.2) is 28.4 Å². The van der Waals surface area contributed by atoms with Crippen molar-refractivity contribution < 1.29 is 4.74 Å². The summed E-state index contributed by atoms with van der Waals surface area (Å²) in [4.78, 5) is 20.2. The molecule has 3 rings (SSSR count). The largest absolute Gasteiger partial charge is 0.496 e. The van der Waals surface area contributed by atoms with E-state index in [0.717, 1.165) is 40.6 Å². The molecule has 0 amide bonds. The van der Waals surface area contributed by atoms with Crippen molar-refractivity contribution in [1.29, 1.82) is 0 Å². The van der Waals surface area contributed by atoms with Gasteiger partial charge < -0.3 is 9.30 Å². The molecule has 0 atom stereocenters. The average molecular weight is 317 g/mol. The molecular weight excluding hydrogens is 298 g/mol. The van der Waals surface area contributed by atoms with Gasteiger partial charge in [0.2, 0.25) is 0 Å². The van der Waals surface area contributed by atoms with Crippen molar-refractivity contribution >= 4 is 11.8 Å². The summed E-state index contributed by atoms with van der Waals surface area (Å²) in [6.07, 6.45) is 6.00. The zero-order valence-corrected chi connectivity index (χ0v) is 13.8. The number of rotatable bonds is 5. The highest BCUT2D eigenvalue weighted by Gasteiger charge is 2.25. The Morgan fingerprint density at radius 2 is 2.18 bits per heavy atom. The molecule has 116 valence electrons. The fourth-order valence-corrected chi connectivity index (χ4v) is 3.55. The van der Waals surface area contributed by atoms with E-state index in [2.05, 4.69) is 14.5 Å². The molecule has 1 aliphatic rings. The predicted octanol–water partition coefficient (Wildman–Crippen LogP) is 2.89. The maximum Gasteiger partial charge on any atom is 0.273 e. The van der Waals surface area contributed by atoms with Crippen molar-refractivity contribution in [2.75, 3.05) is 7.11 Å². The van der Waals surface area contributed by atoms with Gasteiger partial charge in [0.25, 0.3) is 5.56 Å². The summed E-state index contributed by atoms with van der Waals surface area (Å²) in [6.45, 7) is 4.00. The second-order valence-corrected chi connectivity index (χ2v) is 6.46. The first-order chi connectivity index (χ1) is 10.6. The molecule has 0 aliphatic heterocycles. The molecule has 0 N–H and O–H groups in total. The lowest BCUT2D eigenvalue weighted by Crippen LogP contribution is -2.12. The molecule has 1 saturated carbocycles. The summed E-state index contributed by atoms with van der Waals surface area (Å²) in [5, 5.41) is 0.774. The number of hydrogen-bond acceptors (Lipinski definition) is 5. The summed E-state index contributed by atoms with van der Waals surface area (Å²) in [6, 6.07) is 2.03. The highest BCUT2D eigenvalue weighted by atomic mass is 32.2. The molecule has 2 heterocycles. The van der Waals surface area contributed by atoms with E-state index in [-0.39, 0.29) is 5.56 Å². The Morgan fingerprint density at radius 1 is 1.41 bits per heavy atom. The van der Waals surface area contributed by atoms with E-state index < -0.39 is 0 Å². The number of aromatic nitrogens is 3. The van der Waals surface area contributed by atoms with Crippen LogP contribution in [0.3, 0.4) is 0 Å². The lowest BCUT2D eigenvalue weighted by Gasteiger charge is -2.13. The van der Waals surface area contributed by atoms with Gasteiger partial charge in [0, 0.05) is 41.4 Å². The molecule has 0 spiro atoms. The van der Waals surface area contributed by atoms with Crippen molar-refractivity contribution in [2.45, 2.75) is 43.6 Å². The lowest BCUT2D eigenvalue weighted by atomic mass is 10.1. The summed E-state index contributed by atoms with van der Waals surface area (Å²) < 4.78 is 7.54. The van der Waals surface area contributed by atoms with E-state index >= 15 is 0 Å². The predicted molar refractivity (Wildman–Crippen MR) is 86.6 cm³/mol. The van der Waals surface area contributed by atoms with Crippen LogP contribution in [0.5, 0.6) is 5.75 Å². The van der Waals surface area contributed by atoms with E-state index in [4.69, 9.17) is 4.74 Å². The molecule has 0 bridgehead atoms. The Morgan fingerprint density at radius 3 is 2.86 bits per heavy atom. The van der Waals surface area contributed by atoms with Gasteiger partial charge in [-0.2, -0.15) is 4.98 Å². The summed E-state index contributed by atoms with van der Waals surface area (Å²) in [5.41, 5.74) is 2.85. The number of ether oxygens (including phenoxy) is 1. The third kappa shape index (κ3) is 3.02. The Bertz CT molecular complexity index is 754. The van der Waals surface area contributed by atoms with Crippen LogP contribution in [-0.2, 0) is 5.75 Å². The van der Waals surface area contributed by atoms with Gasteiger partial charge in [-0.25, -0.2) is 0 Å². The van der Waals surface area contributed by atoms with Crippen LogP contribution in [0.25, 0.3) is 0 Å². The molecule has 2 aromatic heterocycles. The van der Waals surface area contributed by atoms with E-state index in [9.17, 15) is 4.79 Å². The first kappa shape index (κ1) is 15.1. The molecule has 1 aliphatic carbocycles. The van der Waals surface area contributed by atoms with Crippen molar-refractivity contribution in [3.8, 4) is 5.75 Å². The topological polar surface area (TPSA) is 57.0 Å². The molecule has 5 nitrogen and oxygen atoms in total. The molecule has 22 heavy (non-hydrogen) atoms. The van der Waals surface area contributed by atoms with Crippen LogP contribution in [0, 0.1) is 13.8 Å². The molecule has 0 saturated heterocycles. The molecule has 0 aromatic carbocycles. The lowest BCUT2D eigenvalue weighted by molar-refractivity contribution is 0.407. The van der Waals surface area contributed by atoms with Crippen LogP contribution >= 0.6 is 11.8 Å². The summed E-state index contributed by atoms with van der Waals surface area (Å²) >= 11 is 1.56. The molecule has 0 radical (unpaired) electrons. The normalized spacial score (nSPS) is 14.1. The molecule has 1 fully saturated rings. The van der Waals surface area contributed by atoms with Crippen molar-refractivity contribution in [3.63, 3.8) is 0 Å². The Labute approximate surface area is 133 Å². The number of pyridine rings is 1. The molecule has 6 heteroatoms. The van der Waals surface area contributed by atoms with Gasteiger partial charge in [0.1, 0.15) is 5.75 Å². The van der Waals surface area contributed by atoms with Crippen LogP contribution in [-0.4, -0.2) is 21.6 Å². The van der Waals surface area contributed by atoms with Gasteiger partial charge in [-0.3, -0.25) is 9.78 Å². The van der Waals surface area contributed by atoms with E-state index in [1.807, 2.05) is 26.2 Å². The third-order valence-corrected chi connectivity index (χ3v) is 4.81. The fourth-order valence-electron chi connectivity index (χ4n) is 2.48. The second kappa shape index (κ2) is 6.12. The fraction of sp³-hybridized carbons (Fsp3) is 0.438. The smallest absolute Gasteiger partial charge is 0.273 e. The van der Waals surface area contributed by atoms with Gasteiger partial charge in [-0.15, -0.1) is 0 Å². The quantitative estimate of drug-likeness (QED) is 0.627. The van der Waals surface area contributed by atoms with Crippen LogP contribution in [0.2, 0.25) is 0 Å². The monoisotopic (exact) mass is 317 g/mol. The zero-order chi connectivity index (χ0) is 15.7.